The van der Waals surface area contributed by atoms with Crippen molar-refractivity contribution in [2.45, 2.75) is 38.2 Å². The van der Waals surface area contributed by atoms with E-state index >= 15 is 0 Å². The van der Waals surface area contributed by atoms with Gasteiger partial charge in [0, 0.05) is 13.6 Å². The Labute approximate surface area is 84.5 Å². The average molecular weight is 201 g/mol. The monoisotopic (exact) mass is 201 g/mol. The summed E-state index contributed by atoms with van der Waals surface area (Å²) in [6, 6.07) is 0. The van der Waals surface area contributed by atoms with Crippen LogP contribution in [-0.4, -0.2) is 40.9 Å². The first-order chi connectivity index (χ1) is 6.61. The zero-order valence-corrected chi connectivity index (χ0v) is 8.65. The van der Waals surface area contributed by atoms with Crippen LogP contribution in [-0.2, 0) is 0 Å². The largest absolute Gasteiger partial charge is 0.465 e. The van der Waals surface area contributed by atoms with E-state index in [2.05, 4.69) is 0 Å². The van der Waals surface area contributed by atoms with Gasteiger partial charge in [-0.05, 0) is 25.2 Å². The zero-order chi connectivity index (χ0) is 10.6. The van der Waals surface area contributed by atoms with Gasteiger partial charge in [0.1, 0.15) is 0 Å². The molecular weight excluding hydrogens is 182 g/mol. The fraction of sp³-hybridized carbons (Fsp3) is 0.900. The summed E-state index contributed by atoms with van der Waals surface area (Å²) in [6.07, 6.45) is 3.92. The zero-order valence-electron chi connectivity index (χ0n) is 8.65. The molecule has 0 aromatic rings. The van der Waals surface area contributed by atoms with Gasteiger partial charge in [-0.2, -0.15) is 0 Å². The highest BCUT2D eigenvalue weighted by atomic mass is 16.4. The number of aliphatic hydroxyl groups is 1. The Morgan fingerprint density at radius 3 is 2.57 bits per heavy atom. The molecule has 1 atom stereocenters. The highest BCUT2D eigenvalue weighted by molar-refractivity contribution is 5.64. The van der Waals surface area contributed by atoms with Crippen LogP contribution in [0.3, 0.4) is 0 Å². The van der Waals surface area contributed by atoms with Gasteiger partial charge in [-0.25, -0.2) is 4.79 Å². The van der Waals surface area contributed by atoms with Crippen LogP contribution in [0.2, 0.25) is 0 Å². The summed E-state index contributed by atoms with van der Waals surface area (Å²) in [7, 11) is 1.53. The molecule has 0 aromatic heterocycles. The predicted octanol–water partition coefficient (Wildman–Crippen LogP) is 1.54. The van der Waals surface area contributed by atoms with Crippen molar-refractivity contribution in [3.8, 4) is 0 Å². The van der Waals surface area contributed by atoms with E-state index < -0.39 is 6.09 Å². The lowest BCUT2D eigenvalue weighted by atomic mass is 9.98. The van der Waals surface area contributed by atoms with E-state index in [4.69, 9.17) is 5.11 Å². The molecule has 4 heteroatoms. The molecule has 1 amide bonds. The van der Waals surface area contributed by atoms with Gasteiger partial charge >= 0.3 is 6.09 Å². The number of aliphatic hydroxyl groups excluding tert-OH is 1. The van der Waals surface area contributed by atoms with E-state index in [1.54, 1.807) is 0 Å². The normalized spacial score (nSPS) is 19.6. The minimum absolute atomic E-state index is 0.320. The molecule has 1 unspecified atom stereocenters. The van der Waals surface area contributed by atoms with E-state index in [-0.39, 0.29) is 6.10 Å². The van der Waals surface area contributed by atoms with Crippen molar-refractivity contribution in [2.75, 3.05) is 13.6 Å². The lowest BCUT2D eigenvalue weighted by molar-refractivity contribution is 0.0887. The van der Waals surface area contributed by atoms with E-state index in [0.29, 0.717) is 18.9 Å². The Balaban J connectivity index is 2.19. The maximum absolute atomic E-state index is 10.5. The number of nitrogens with zero attached hydrogens (tertiary/aromatic N) is 1. The van der Waals surface area contributed by atoms with Crippen LogP contribution in [0, 0.1) is 5.92 Å². The summed E-state index contributed by atoms with van der Waals surface area (Å²) in [4.78, 5) is 11.7. The van der Waals surface area contributed by atoms with E-state index in [9.17, 15) is 9.90 Å². The third-order valence-corrected chi connectivity index (χ3v) is 3.03. The van der Waals surface area contributed by atoms with E-state index in [1.807, 2.05) is 0 Å². The van der Waals surface area contributed by atoms with Crippen molar-refractivity contribution in [3.63, 3.8) is 0 Å². The summed E-state index contributed by atoms with van der Waals surface area (Å²) in [6.45, 7) is 0.424. The Hall–Kier alpha value is -0.770. The van der Waals surface area contributed by atoms with Crippen molar-refractivity contribution < 1.29 is 15.0 Å². The average Bonchev–Trinajstić information content (AvgIpc) is 2.66. The van der Waals surface area contributed by atoms with Crippen LogP contribution in [0.25, 0.3) is 0 Å². The molecule has 4 nitrogen and oxygen atoms in total. The maximum Gasteiger partial charge on any atom is 0.407 e. The summed E-state index contributed by atoms with van der Waals surface area (Å²) in [5, 5.41) is 18.4. The van der Waals surface area contributed by atoms with E-state index in [1.165, 1.54) is 24.8 Å². The second-order valence-corrected chi connectivity index (χ2v) is 4.10. The Morgan fingerprint density at radius 2 is 2.07 bits per heavy atom. The van der Waals surface area contributed by atoms with Gasteiger partial charge in [-0.1, -0.05) is 12.8 Å². The standard InChI is InChI=1S/C10H19NO3/c1-11(10(13)14)7-6-9(12)8-4-2-3-5-8/h8-9,12H,2-7H2,1H3,(H,13,14). The first-order valence-electron chi connectivity index (χ1n) is 5.23. The molecule has 0 aromatic carbocycles. The third kappa shape index (κ3) is 3.18. The highest BCUT2D eigenvalue weighted by Crippen LogP contribution is 2.28. The summed E-state index contributed by atoms with van der Waals surface area (Å²) >= 11 is 0. The summed E-state index contributed by atoms with van der Waals surface area (Å²) < 4.78 is 0. The number of hydrogen-bond acceptors (Lipinski definition) is 2. The molecule has 1 aliphatic carbocycles. The molecule has 1 rings (SSSR count). The third-order valence-electron chi connectivity index (χ3n) is 3.03. The molecule has 0 aliphatic heterocycles. The van der Waals surface area contributed by atoms with Gasteiger partial charge in [-0.15, -0.1) is 0 Å². The molecule has 0 heterocycles. The molecule has 2 N–H and O–H groups in total. The second-order valence-electron chi connectivity index (χ2n) is 4.10. The van der Waals surface area contributed by atoms with Crippen molar-refractivity contribution in [3.05, 3.63) is 0 Å². The molecule has 0 bridgehead atoms. The molecule has 14 heavy (non-hydrogen) atoms. The lowest BCUT2D eigenvalue weighted by Crippen LogP contribution is -2.30. The quantitative estimate of drug-likeness (QED) is 0.725. The lowest BCUT2D eigenvalue weighted by Gasteiger charge is -2.20. The Morgan fingerprint density at radius 1 is 1.50 bits per heavy atom. The molecular formula is C10H19NO3. The Bertz CT molecular complexity index is 190. The highest BCUT2D eigenvalue weighted by Gasteiger charge is 2.23. The maximum atomic E-state index is 10.5. The van der Waals surface area contributed by atoms with Gasteiger partial charge in [0.25, 0.3) is 0 Å². The van der Waals surface area contributed by atoms with Crippen LogP contribution in [0.5, 0.6) is 0 Å². The number of carbonyl (C=O) groups is 1. The number of carboxylic acid groups (broad SMARTS) is 1. The van der Waals surface area contributed by atoms with Crippen LogP contribution >= 0.6 is 0 Å². The van der Waals surface area contributed by atoms with Crippen molar-refractivity contribution in [2.24, 2.45) is 5.92 Å². The fourth-order valence-corrected chi connectivity index (χ4v) is 2.00. The smallest absolute Gasteiger partial charge is 0.407 e. The molecule has 1 fully saturated rings. The van der Waals surface area contributed by atoms with Gasteiger partial charge < -0.3 is 15.1 Å². The van der Waals surface area contributed by atoms with Gasteiger partial charge in [0.15, 0.2) is 0 Å². The predicted molar refractivity (Wildman–Crippen MR) is 53.2 cm³/mol. The minimum atomic E-state index is -0.927. The van der Waals surface area contributed by atoms with E-state index in [0.717, 1.165) is 12.8 Å². The first-order valence-corrected chi connectivity index (χ1v) is 5.23. The number of hydrogen-bond donors (Lipinski definition) is 2. The topological polar surface area (TPSA) is 60.8 Å². The summed E-state index contributed by atoms with van der Waals surface area (Å²) in [5.41, 5.74) is 0. The van der Waals surface area contributed by atoms with Gasteiger partial charge in [0.05, 0.1) is 6.10 Å². The molecule has 1 saturated carbocycles. The van der Waals surface area contributed by atoms with Crippen molar-refractivity contribution in [1.82, 2.24) is 4.90 Å². The Kier molecular flexibility index (Phi) is 4.20. The molecule has 0 radical (unpaired) electrons. The fourth-order valence-electron chi connectivity index (χ4n) is 2.00. The van der Waals surface area contributed by atoms with Crippen LogP contribution in [0.15, 0.2) is 0 Å². The molecule has 0 saturated heterocycles. The van der Waals surface area contributed by atoms with Crippen LogP contribution in [0.4, 0.5) is 4.79 Å². The molecule has 82 valence electrons. The van der Waals surface area contributed by atoms with Crippen molar-refractivity contribution in [1.29, 1.82) is 0 Å². The van der Waals surface area contributed by atoms with Gasteiger partial charge in [0.2, 0.25) is 0 Å². The SMILES string of the molecule is CN(CCC(O)C1CCCC1)C(=O)O. The number of amides is 1. The van der Waals surface area contributed by atoms with Gasteiger partial charge in [-0.3, -0.25) is 0 Å². The molecule has 1 aliphatic rings. The van der Waals surface area contributed by atoms with Crippen LogP contribution < -0.4 is 0 Å². The van der Waals surface area contributed by atoms with Crippen molar-refractivity contribution >= 4 is 6.09 Å². The summed E-state index contributed by atoms with van der Waals surface area (Å²) in [5.74, 6) is 0.400. The second kappa shape index (κ2) is 5.20. The molecule has 0 spiro atoms. The number of rotatable bonds is 4. The van der Waals surface area contributed by atoms with Crippen LogP contribution in [0.1, 0.15) is 32.1 Å². The minimum Gasteiger partial charge on any atom is -0.465 e. The first kappa shape index (κ1) is 11.3.